The molecule has 0 aliphatic carbocycles. The van der Waals surface area contributed by atoms with Crippen molar-refractivity contribution in [1.82, 2.24) is 39.0 Å². The molecule has 0 aliphatic rings. The largest absolute Gasteiger partial charge is 0.456 e. The lowest BCUT2D eigenvalue weighted by atomic mass is 9.99. The number of fused-ring (bicyclic) bond motifs is 24. The second-order valence-corrected chi connectivity index (χ2v) is 29.0. The third-order valence-electron chi connectivity index (χ3n) is 21.6. The predicted octanol–water partition coefficient (Wildman–Crippen LogP) is 26.3. The number of furan rings is 3. The molecule has 12 heteroatoms. The molecule has 0 spiro atoms. The molecule has 0 bridgehead atoms. The van der Waals surface area contributed by atoms with Crippen molar-refractivity contribution in [3.8, 4) is 79.7 Å². The van der Waals surface area contributed by atoms with Gasteiger partial charge in [0.15, 0.2) is 34.9 Å². The Kier molecular flexibility index (Phi) is 13.7. The molecule has 110 heavy (non-hydrogen) atoms. The van der Waals surface area contributed by atoms with Gasteiger partial charge < -0.3 is 22.4 Å². The second-order valence-electron chi connectivity index (χ2n) is 27.9. The average molecular weight is 1430 g/mol. The number of rotatable bonds is 8. The van der Waals surface area contributed by atoms with Crippen LogP contribution in [-0.4, -0.2) is 39.0 Å². The number of hydrogen-bond donors (Lipinski definition) is 0. The molecule has 0 saturated heterocycles. The summed E-state index contributed by atoms with van der Waals surface area (Å²) in [5.74, 6) is 3.56. The Hall–Kier alpha value is -14.7. The summed E-state index contributed by atoms with van der Waals surface area (Å²) in [5.41, 5.74) is 16.9. The number of hydrogen-bond acceptors (Lipinski definition) is 10. The third-order valence-corrected chi connectivity index (χ3v) is 22.8. The van der Waals surface area contributed by atoms with Crippen LogP contribution in [0.3, 0.4) is 0 Å². The molecule has 8 heterocycles. The minimum Gasteiger partial charge on any atom is -0.456 e. The molecule has 11 nitrogen and oxygen atoms in total. The van der Waals surface area contributed by atoms with E-state index in [1.807, 2.05) is 145 Å². The topological polar surface area (TPSA) is 127 Å². The molecule has 24 aromatic rings. The van der Waals surface area contributed by atoms with Crippen LogP contribution in [0, 0.1) is 0 Å². The van der Waals surface area contributed by atoms with Gasteiger partial charge in [-0.3, -0.25) is 0 Å². The molecule has 0 fully saturated rings. The van der Waals surface area contributed by atoms with E-state index < -0.39 is 0 Å². The van der Waals surface area contributed by atoms with Crippen LogP contribution in [-0.2, 0) is 0 Å². The van der Waals surface area contributed by atoms with Crippen molar-refractivity contribution in [1.29, 1.82) is 0 Å². The Morgan fingerprint density at radius 2 is 0.591 bits per heavy atom. The van der Waals surface area contributed by atoms with Crippen molar-refractivity contribution < 1.29 is 13.3 Å². The van der Waals surface area contributed by atoms with Crippen LogP contribution in [0.15, 0.2) is 353 Å². The van der Waals surface area contributed by atoms with E-state index in [4.69, 9.17) is 43.2 Å². The summed E-state index contributed by atoms with van der Waals surface area (Å²) >= 11 is 1.86. The SMILES string of the molecule is c1ccc(-c2nc(-c3ccccc3)nc(-c3cc4ccccc4c4c3oc3ccc(-n5c6ccccc6c6c7c(ccc65)oc5ccccc57)cc34)n2)cc1.c1ccc(-c2nc(-c3ccccc3)nc(-c3cc4ccccc4c4c3oc3ccc(-n5c6ccccc6c6c7c(ccc65)sc5ccccc57)cc34)n2)cc1. The van der Waals surface area contributed by atoms with Crippen molar-refractivity contribution in [3.63, 3.8) is 0 Å². The third kappa shape index (κ3) is 9.62. The van der Waals surface area contributed by atoms with Crippen molar-refractivity contribution in [3.05, 3.63) is 340 Å². The molecule has 0 unspecified atom stereocenters. The van der Waals surface area contributed by atoms with Gasteiger partial charge in [-0.2, -0.15) is 0 Å². The van der Waals surface area contributed by atoms with Gasteiger partial charge in [-0.1, -0.05) is 243 Å². The predicted molar refractivity (Wildman–Crippen MR) is 451 cm³/mol. The normalized spacial score (nSPS) is 12.0. The van der Waals surface area contributed by atoms with Crippen LogP contribution < -0.4 is 0 Å². The van der Waals surface area contributed by atoms with Gasteiger partial charge in [0.05, 0.1) is 33.2 Å². The summed E-state index contributed by atoms with van der Waals surface area (Å²) in [6.07, 6.45) is 0. The molecular weight excluding hydrogens is 1370 g/mol. The van der Waals surface area contributed by atoms with Crippen LogP contribution in [0.2, 0.25) is 0 Å². The zero-order valence-electron chi connectivity index (χ0n) is 58.5. The van der Waals surface area contributed by atoms with Crippen LogP contribution in [0.4, 0.5) is 0 Å². The quantitative estimate of drug-likeness (QED) is 0.146. The Morgan fingerprint density at radius 3 is 1.08 bits per heavy atom. The molecule has 0 atom stereocenters. The van der Waals surface area contributed by atoms with Gasteiger partial charge in [-0.15, -0.1) is 11.3 Å². The lowest BCUT2D eigenvalue weighted by Gasteiger charge is -2.10. The fraction of sp³-hybridized carbons (Fsp3) is 0. The lowest BCUT2D eigenvalue weighted by Crippen LogP contribution is -2.00. The highest BCUT2D eigenvalue weighted by molar-refractivity contribution is 7.26. The summed E-state index contributed by atoms with van der Waals surface area (Å²) in [6, 6.07) is 118. The molecular formula is C98H56N8O3S. The summed E-state index contributed by atoms with van der Waals surface area (Å²) in [5, 5.41) is 18.3. The van der Waals surface area contributed by atoms with Gasteiger partial charge in [-0.05, 0) is 119 Å². The summed E-state index contributed by atoms with van der Waals surface area (Å²) < 4.78 is 27.4. The first-order valence-corrected chi connectivity index (χ1v) is 37.5. The second kappa shape index (κ2) is 24.4. The van der Waals surface area contributed by atoms with Crippen molar-refractivity contribution in [2.45, 2.75) is 0 Å². The Bertz CT molecular complexity index is 7330. The number of nitrogens with zero attached hydrogens (tertiary/aromatic N) is 8. The van der Waals surface area contributed by atoms with E-state index in [1.54, 1.807) is 0 Å². The zero-order valence-corrected chi connectivity index (χ0v) is 59.4. The van der Waals surface area contributed by atoms with Gasteiger partial charge in [-0.25, -0.2) is 29.9 Å². The zero-order chi connectivity index (χ0) is 72.1. The number of para-hydroxylation sites is 3. The maximum atomic E-state index is 6.87. The Morgan fingerprint density at radius 1 is 0.218 bits per heavy atom. The Balaban J connectivity index is 0.000000132. The van der Waals surface area contributed by atoms with Gasteiger partial charge >= 0.3 is 0 Å². The first-order chi connectivity index (χ1) is 54.5. The number of thiophene rings is 1. The molecule has 0 amide bonds. The maximum absolute atomic E-state index is 6.87. The van der Waals surface area contributed by atoms with E-state index in [0.717, 1.165) is 143 Å². The van der Waals surface area contributed by atoms with E-state index in [0.29, 0.717) is 34.9 Å². The van der Waals surface area contributed by atoms with E-state index >= 15 is 0 Å². The molecule has 512 valence electrons. The van der Waals surface area contributed by atoms with Crippen molar-refractivity contribution in [2.24, 2.45) is 0 Å². The first kappa shape index (κ1) is 61.6. The van der Waals surface area contributed by atoms with Gasteiger partial charge in [0.2, 0.25) is 0 Å². The van der Waals surface area contributed by atoms with E-state index in [9.17, 15) is 0 Å². The lowest BCUT2D eigenvalue weighted by molar-refractivity contribution is 0.669. The Labute approximate surface area is 630 Å². The molecule has 16 aromatic carbocycles. The van der Waals surface area contributed by atoms with Crippen LogP contribution in [0.25, 0.3) is 231 Å². The van der Waals surface area contributed by atoms with Crippen molar-refractivity contribution in [2.75, 3.05) is 0 Å². The number of aromatic nitrogens is 8. The van der Waals surface area contributed by atoms with Gasteiger partial charge in [0, 0.05) is 108 Å². The van der Waals surface area contributed by atoms with Gasteiger partial charge in [0.25, 0.3) is 0 Å². The maximum Gasteiger partial charge on any atom is 0.167 e. The van der Waals surface area contributed by atoms with E-state index in [1.165, 1.54) is 52.8 Å². The standard InChI is InChI=1S/C49H28N4O2.C49H28N4OS/c1-3-13-29(14-4-1)47-50-48(30-15-5-2-6-16-30)52-49(51-47)37-27-31-17-7-8-18-33(31)43-36-28-32(23-25-41(36)55-46(37)43)53-38-21-11-9-19-34(38)44-39(53)24-26-42-45(44)35-20-10-12-22-40(35)54-42;1-3-13-29(14-4-1)47-50-48(30-15-5-2-6-16-30)52-49(51-47)37-27-31-17-7-8-18-33(31)43-36-28-32(23-25-40(36)54-46(37)43)53-38-21-11-9-19-34(38)44-39(53)24-26-42-45(44)35-20-10-12-22-41(35)55-42/h2*1-28H. The smallest absolute Gasteiger partial charge is 0.167 e. The van der Waals surface area contributed by atoms with Crippen LogP contribution in [0.5, 0.6) is 0 Å². The highest BCUT2D eigenvalue weighted by Crippen LogP contribution is 2.49. The van der Waals surface area contributed by atoms with E-state index in [2.05, 4.69) is 215 Å². The fourth-order valence-corrected chi connectivity index (χ4v) is 17.9. The minimum atomic E-state index is 0.557. The molecule has 0 radical (unpaired) electrons. The molecule has 24 rings (SSSR count). The monoisotopic (exact) mass is 1420 g/mol. The fourth-order valence-electron chi connectivity index (χ4n) is 16.8. The molecule has 0 aliphatic heterocycles. The summed E-state index contributed by atoms with van der Waals surface area (Å²) in [7, 11) is 0. The van der Waals surface area contributed by atoms with Crippen LogP contribution >= 0.6 is 11.3 Å². The highest BCUT2D eigenvalue weighted by atomic mass is 32.1. The highest BCUT2D eigenvalue weighted by Gasteiger charge is 2.27. The summed E-state index contributed by atoms with van der Waals surface area (Å²) in [6.45, 7) is 0. The average Bonchev–Trinajstić information content (AvgIpc) is 1.58. The van der Waals surface area contributed by atoms with Crippen LogP contribution in [0.1, 0.15) is 0 Å². The molecule has 0 N–H and O–H groups in total. The minimum absolute atomic E-state index is 0.557. The summed E-state index contributed by atoms with van der Waals surface area (Å²) in [4.78, 5) is 30.3. The number of benzene rings is 16. The van der Waals surface area contributed by atoms with Gasteiger partial charge in [0.1, 0.15) is 33.5 Å². The van der Waals surface area contributed by atoms with Crippen molar-refractivity contribution >= 4 is 162 Å². The molecule has 0 saturated carbocycles. The first-order valence-electron chi connectivity index (χ1n) is 36.7. The molecule has 8 aromatic heterocycles. The van der Waals surface area contributed by atoms with E-state index in [-0.39, 0.29) is 0 Å².